The van der Waals surface area contributed by atoms with Crippen molar-refractivity contribution < 1.29 is 27.8 Å². The van der Waals surface area contributed by atoms with E-state index in [1.807, 2.05) is 0 Å². The molecule has 38 heavy (non-hydrogen) atoms. The highest BCUT2D eigenvalue weighted by Crippen LogP contribution is 2.40. The highest BCUT2D eigenvalue weighted by molar-refractivity contribution is 6.00. The van der Waals surface area contributed by atoms with Crippen LogP contribution in [-0.4, -0.2) is 39.0 Å². The predicted octanol–water partition coefficient (Wildman–Crippen LogP) is 6.01. The number of methoxy groups -OCH3 is 1. The first kappa shape index (κ1) is 25.7. The van der Waals surface area contributed by atoms with Crippen LogP contribution in [0.2, 0.25) is 0 Å². The van der Waals surface area contributed by atoms with E-state index in [-0.39, 0.29) is 18.4 Å². The molecule has 2 heterocycles. The van der Waals surface area contributed by atoms with Crippen molar-refractivity contribution in [3.63, 3.8) is 0 Å². The van der Waals surface area contributed by atoms with E-state index in [1.165, 1.54) is 6.07 Å². The molecule has 2 N–H and O–H groups in total. The quantitative estimate of drug-likeness (QED) is 0.306. The molecule has 1 aliphatic carbocycles. The van der Waals surface area contributed by atoms with Crippen molar-refractivity contribution in [3.8, 4) is 22.8 Å². The van der Waals surface area contributed by atoms with E-state index in [4.69, 9.17) is 9.47 Å². The highest BCUT2D eigenvalue weighted by atomic mass is 19.4. The third-order valence-electron chi connectivity index (χ3n) is 6.76. The van der Waals surface area contributed by atoms with E-state index in [9.17, 15) is 18.3 Å². The molecule has 0 saturated heterocycles. The van der Waals surface area contributed by atoms with Crippen LogP contribution in [-0.2, 0) is 12.8 Å². The van der Waals surface area contributed by atoms with Gasteiger partial charge in [-0.25, -0.2) is 0 Å². The summed E-state index contributed by atoms with van der Waals surface area (Å²) in [6.45, 7) is 1.85. The molecule has 1 fully saturated rings. The molecule has 1 saturated carbocycles. The van der Waals surface area contributed by atoms with Crippen molar-refractivity contribution in [2.45, 2.75) is 50.6 Å². The normalized spacial score (nSPS) is 19.5. The Morgan fingerprint density at radius 1 is 1.08 bits per heavy atom. The molecule has 1 aliphatic rings. The number of nitrogens with one attached hydrogen (secondary N) is 1. The molecule has 2 aromatic heterocycles. The Bertz CT molecular complexity index is 1440. The Labute approximate surface area is 217 Å². The second kappa shape index (κ2) is 10.1. The topological polar surface area (TPSA) is 89.4 Å². The number of alkyl halides is 3. The van der Waals surface area contributed by atoms with Crippen LogP contribution in [0, 0.1) is 0 Å². The fourth-order valence-electron chi connectivity index (χ4n) is 4.74. The first-order chi connectivity index (χ1) is 18.1. The molecule has 0 radical (unpaired) electrons. The van der Waals surface area contributed by atoms with Gasteiger partial charge in [0.05, 0.1) is 18.3 Å². The van der Waals surface area contributed by atoms with Gasteiger partial charge in [-0.3, -0.25) is 4.98 Å². The van der Waals surface area contributed by atoms with Gasteiger partial charge in [0.25, 0.3) is 0 Å². The highest BCUT2D eigenvalue weighted by Gasteiger charge is 2.34. The second-order valence-corrected chi connectivity index (χ2v) is 9.74. The van der Waals surface area contributed by atoms with Gasteiger partial charge in [0.15, 0.2) is 5.82 Å². The van der Waals surface area contributed by atoms with Crippen molar-refractivity contribution in [1.29, 1.82) is 0 Å². The molecule has 2 aromatic carbocycles. The minimum absolute atomic E-state index is 0.0167. The van der Waals surface area contributed by atoms with Gasteiger partial charge in [-0.2, -0.15) is 13.2 Å². The number of hydrogen-bond donors (Lipinski definition) is 2. The molecule has 7 nitrogen and oxygen atoms in total. The number of nitrogens with zero attached hydrogens (tertiary/aromatic N) is 3. The number of halogens is 3. The summed E-state index contributed by atoms with van der Waals surface area (Å²) in [6, 6.07) is 12.2. The molecule has 4 aromatic rings. The van der Waals surface area contributed by atoms with Crippen LogP contribution in [0.4, 0.5) is 19.0 Å². The minimum atomic E-state index is -4.54. The average molecular weight is 525 g/mol. The van der Waals surface area contributed by atoms with Crippen LogP contribution in [0.5, 0.6) is 11.5 Å². The summed E-state index contributed by atoms with van der Waals surface area (Å²) in [5, 5.41) is 23.8. The van der Waals surface area contributed by atoms with Crippen LogP contribution in [0.3, 0.4) is 0 Å². The van der Waals surface area contributed by atoms with E-state index in [2.05, 4.69) is 20.5 Å². The molecule has 5 rings (SSSR count). The number of aliphatic hydroxyl groups is 1. The van der Waals surface area contributed by atoms with Gasteiger partial charge in [0.1, 0.15) is 23.8 Å². The number of hydrogen-bond acceptors (Lipinski definition) is 7. The molecule has 198 valence electrons. The third-order valence-corrected chi connectivity index (χ3v) is 6.76. The molecule has 2 atom stereocenters. The largest absolute Gasteiger partial charge is 0.497 e. The van der Waals surface area contributed by atoms with Gasteiger partial charge in [-0.05, 0) is 68.1 Å². The molecule has 10 heteroatoms. The fourth-order valence-corrected chi connectivity index (χ4v) is 4.74. The van der Waals surface area contributed by atoms with Crippen LogP contribution >= 0.6 is 0 Å². The number of ether oxygens (including phenoxy) is 2. The zero-order valence-electron chi connectivity index (χ0n) is 20.9. The molecule has 0 aliphatic heterocycles. The molecule has 0 bridgehead atoms. The first-order valence-corrected chi connectivity index (χ1v) is 12.2. The average Bonchev–Trinajstić information content (AvgIpc) is 3.25. The maximum atomic E-state index is 13.6. The number of aromatic nitrogens is 3. The lowest BCUT2D eigenvalue weighted by molar-refractivity contribution is -0.137. The van der Waals surface area contributed by atoms with Gasteiger partial charge >= 0.3 is 6.18 Å². The van der Waals surface area contributed by atoms with Crippen LogP contribution in [0.1, 0.15) is 37.3 Å². The zero-order chi connectivity index (χ0) is 26.9. The molecule has 0 spiro atoms. The Kier molecular flexibility index (Phi) is 6.83. The molecular formula is C28H27F3N4O3. The minimum Gasteiger partial charge on any atom is -0.497 e. The van der Waals surface area contributed by atoms with Crippen LogP contribution in [0.15, 0.2) is 60.9 Å². The lowest BCUT2D eigenvalue weighted by Crippen LogP contribution is -2.24. The monoisotopic (exact) mass is 524 g/mol. The first-order valence-electron chi connectivity index (χ1n) is 12.2. The van der Waals surface area contributed by atoms with Gasteiger partial charge in [-0.1, -0.05) is 12.1 Å². The number of pyridine rings is 1. The van der Waals surface area contributed by atoms with Crippen LogP contribution in [0.25, 0.3) is 22.0 Å². The molecule has 0 unspecified atom stereocenters. The van der Waals surface area contributed by atoms with E-state index in [1.54, 1.807) is 56.8 Å². The number of benzene rings is 2. The maximum absolute atomic E-state index is 13.6. The van der Waals surface area contributed by atoms with Crippen molar-refractivity contribution >= 4 is 16.6 Å². The predicted molar refractivity (Wildman–Crippen MR) is 137 cm³/mol. The summed E-state index contributed by atoms with van der Waals surface area (Å²) in [6.07, 6.45) is 0.725. The third kappa shape index (κ3) is 5.50. The SMILES string of the molecule is COc1ccc(COc2cc(C(F)(F)F)ccc2-c2nnc(N[C@@H]3CC[C@](C)(O)C3)c3cnccc23)cc1. The Morgan fingerprint density at radius 3 is 2.55 bits per heavy atom. The van der Waals surface area contributed by atoms with E-state index in [0.717, 1.165) is 24.1 Å². The maximum Gasteiger partial charge on any atom is 0.416 e. The van der Waals surface area contributed by atoms with Crippen molar-refractivity contribution in [1.82, 2.24) is 15.2 Å². The Balaban J connectivity index is 1.52. The zero-order valence-corrected chi connectivity index (χ0v) is 20.9. The van der Waals surface area contributed by atoms with Gasteiger partial charge in [0.2, 0.25) is 0 Å². The summed E-state index contributed by atoms with van der Waals surface area (Å²) in [5.41, 5.74) is -0.0386. The van der Waals surface area contributed by atoms with Gasteiger partial charge in [-0.15, -0.1) is 10.2 Å². The van der Waals surface area contributed by atoms with Gasteiger partial charge < -0.3 is 19.9 Å². The van der Waals surface area contributed by atoms with E-state index < -0.39 is 17.3 Å². The lowest BCUT2D eigenvalue weighted by Gasteiger charge is -2.19. The Morgan fingerprint density at radius 2 is 1.87 bits per heavy atom. The van der Waals surface area contributed by atoms with E-state index >= 15 is 0 Å². The fraction of sp³-hybridized carbons (Fsp3) is 0.321. The smallest absolute Gasteiger partial charge is 0.416 e. The van der Waals surface area contributed by atoms with Crippen molar-refractivity contribution in [3.05, 3.63) is 72.1 Å². The molecule has 0 amide bonds. The lowest BCUT2D eigenvalue weighted by atomic mass is 10.0. The summed E-state index contributed by atoms with van der Waals surface area (Å²) < 4.78 is 51.8. The number of anilines is 1. The second-order valence-electron chi connectivity index (χ2n) is 9.74. The van der Waals surface area contributed by atoms with Crippen molar-refractivity contribution in [2.75, 3.05) is 12.4 Å². The van der Waals surface area contributed by atoms with E-state index in [0.29, 0.717) is 46.4 Å². The number of rotatable bonds is 7. The van der Waals surface area contributed by atoms with Crippen LogP contribution < -0.4 is 14.8 Å². The molecular weight excluding hydrogens is 497 g/mol. The standard InChI is InChI=1S/C28H27F3N4O3/c1-27(36)11-9-19(14-27)33-26-23-15-32-12-10-21(23)25(34-35-26)22-8-5-18(28(29,30)31)13-24(22)38-16-17-3-6-20(37-2)7-4-17/h3-8,10,12-13,15,19,36H,9,11,14,16H2,1-2H3,(H,33,35)/t19-,27+/m1/s1. The number of fused-ring (bicyclic) bond motifs is 1. The Hall–Kier alpha value is -3.92. The summed E-state index contributed by atoms with van der Waals surface area (Å²) in [5.74, 6) is 1.21. The summed E-state index contributed by atoms with van der Waals surface area (Å²) >= 11 is 0. The van der Waals surface area contributed by atoms with Gasteiger partial charge in [0, 0.05) is 34.8 Å². The summed E-state index contributed by atoms with van der Waals surface area (Å²) in [4.78, 5) is 4.22. The summed E-state index contributed by atoms with van der Waals surface area (Å²) in [7, 11) is 1.56. The van der Waals surface area contributed by atoms with Crippen molar-refractivity contribution in [2.24, 2.45) is 0 Å².